The molecular weight excluding hydrogens is 280 g/mol. The molecule has 0 bridgehead atoms. The summed E-state index contributed by atoms with van der Waals surface area (Å²) in [6, 6.07) is 1.76. The van der Waals surface area contributed by atoms with Crippen molar-refractivity contribution in [1.82, 2.24) is 30.0 Å². The second-order valence-electron chi connectivity index (χ2n) is 4.43. The smallest absolute Gasteiger partial charge is 0.244 e. The molecule has 2 rings (SSSR count). The van der Waals surface area contributed by atoms with Crippen LogP contribution >= 0.6 is 0 Å². The third-order valence-corrected chi connectivity index (χ3v) is 4.54. The molecule has 0 radical (unpaired) electrons. The molecule has 8 nitrogen and oxygen atoms in total. The van der Waals surface area contributed by atoms with Crippen molar-refractivity contribution in [3.63, 3.8) is 0 Å². The van der Waals surface area contributed by atoms with Gasteiger partial charge in [-0.25, -0.2) is 13.1 Å². The van der Waals surface area contributed by atoms with Crippen molar-refractivity contribution in [1.29, 1.82) is 0 Å². The van der Waals surface area contributed by atoms with Gasteiger partial charge in [0.15, 0.2) is 0 Å². The highest BCUT2D eigenvalue weighted by Gasteiger charge is 2.23. The second-order valence-corrected chi connectivity index (χ2v) is 6.13. The zero-order valence-electron chi connectivity index (χ0n) is 11.6. The minimum atomic E-state index is -3.62. The van der Waals surface area contributed by atoms with Crippen LogP contribution in [-0.2, 0) is 30.2 Å². The van der Waals surface area contributed by atoms with Crippen molar-refractivity contribution in [2.24, 2.45) is 7.05 Å². The summed E-state index contributed by atoms with van der Waals surface area (Å²) >= 11 is 0. The van der Waals surface area contributed by atoms with Crippen LogP contribution in [0.5, 0.6) is 0 Å². The van der Waals surface area contributed by atoms with Crippen LogP contribution in [0.1, 0.15) is 17.1 Å². The fourth-order valence-corrected chi connectivity index (χ4v) is 3.29. The monoisotopic (exact) mass is 298 g/mol. The number of aryl methyl sites for hydroxylation is 2. The largest absolute Gasteiger partial charge is 0.314 e. The molecule has 0 aliphatic rings. The minimum absolute atomic E-state index is 0.183. The molecular formula is C11H18N6O2S. The predicted octanol–water partition coefficient (Wildman–Crippen LogP) is -0.350. The van der Waals surface area contributed by atoms with Crippen molar-refractivity contribution in [2.75, 3.05) is 7.05 Å². The van der Waals surface area contributed by atoms with Crippen molar-refractivity contribution in [2.45, 2.75) is 24.9 Å². The highest BCUT2D eigenvalue weighted by Crippen LogP contribution is 2.17. The Balaban J connectivity index is 2.22. The van der Waals surface area contributed by atoms with Crippen LogP contribution < -0.4 is 10.0 Å². The van der Waals surface area contributed by atoms with Crippen molar-refractivity contribution < 1.29 is 8.42 Å². The van der Waals surface area contributed by atoms with Crippen LogP contribution in [0.15, 0.2) is 17.2 Å². The molecule has 0 saturated heterocycles. The molecule has 0 aromatic carbocycles. The normalized spacial score (nSPS) is 11.9. The van der Waals surface area contributed by atoms with Gasteiger partial charge in [0.05, 0.1) is 23.6 Å². The summed E-state index contributed by atoms with van der Waals surface area (Å²) in [6.45, 7) is 2.25. The number of nitrogens with one attached hydrogen (secondary N) is 3. The van der Waals surface area contributed by atoms with Gasteiger partial charge in [0.2, 0.25) is 10.0 Å². The zero-order chi connectivity index (χ0) is 14.8. The van der Waals surface area contributed by atoms with Crippen LogP contribution in [0, 0.1) is 6.92 Å². The summed E-state index contributed by atoms with van der Waals surface area (Å²) in [5.74, 6) is 0. The number of hydrogen-bond donors (Lipinski definition) is 3. The molecule has 0 fully saturated rings. The van der Waals surface area contributed by atoms with Crippen LogP contribution in [0.2, 0.25) is 0 Å². The third-order valence-electron chi connectivity index (χ3n) is 2.94. The fraction of sp³-hybridized carbons (Fsp3) is 0.455. The maximum absolute atomic E-state index is 12.4. The molecule has 2 aromatic rings. The Morgan fingerprint density at radius 2 is 2.15 bits per heavy atom. The summed E-state index contributed by atoms with van der Waals surface area (Å²) in [6.07, 6.45) is 1.62. The number of aromatic nitrogens is 4. The number of hydrogen-bond acceptors (Lipinski definition) is 5. The summed E-state index contributed by atoms with van der Waals surface area (Å²) in [5, 5.41) is 13.6. The molecule has 2 aromatic heterocycles. The molecule has 0 unspecified atom stereocenters. The number of sulfonamides is 1. The van der Waals surface area contributed by atoms with Crippen molar-refractivity contribution in [3.8, 4) is 0 Å². The minimum Gasteiger partial charge on any atom is -0.314 e. The lowest BCUT2D eigenvalue weighted by Gasteiger charge is -2.08. The number of nitrogens with zero attached hydrogens (tertiary/aromatic N) is 3. The Bertz CT molecular complexity index is 688. The lowest BCUT2D eigenvalue weighted by atomic mass is 10.4. The lowest BCUT2D eigenvalue weighted by molar-refractivity contribution is 0.574. The Kier molecular flexibility index (Phi) is 4.21. The molecule has 2 heterocycles. The Hall–Kier alpha value is -1.71. The van der Waals surface area contributed by atoms with E-state index < -0.39 is 10.0 Å². The second kappa shape index (κ2) is 5.73. The van der Waals surface area contributed by atoms with E-state index >= 15 is 0 Å². The van der Waals surface area contributed by atoms with E-state index in [9.17, 15) is 8.42 Å². The first-order chi connectivity index (χ1) is 9.45. The van der Waals surface area contributed by atoms with Gasteiger partial charge < -0.3 is 5.32 Å². The molecule has 0 aliphatic carbocycles. The molecule has 110 valence electrons. The van der Waals surface area contributed by atoms with Crippen LogP contribution in [0.3, 0.4) is 0 Å². The van der Waals surface area contributed by atoms with Gasteiger partial charge in [-0.15, -0.1) is 0 Å². The Morgan fingerprint density at radius 3 is 2.75 bits per heavy atom. The molecule has 0 aliphatic heterocycles. The van der Waals surface area contributed by atoms with Crippen LogP contribution in [0.25, 0.3) is 0 Å². The van der Waals surface area contributed by atoms with Gasteiger partial charge in [0.25, 0.3) is 0 Å². The van der Waals surface area contributed by atoms with E-state index in [0.29, 0.717) is 17.9 Å². The summed E-state index contributed by atoms with van der Waals surface area (Å²) in [4.78, 5) is 0.203. The van der Waals surface area contributed by atoms with Gasteiger partial charge in [-0.05, 0) is 20.0 Å². The molecule has 0 saturated carbocycles. The molecule has 0 spiro atoms. The maximum Gasteiger partial charge on any atom is 0.244 e. The molecule has 0 amide bonds. The van der Waals surface area contributed by atoms with E-state index in [0.717, 1.165) is 5.69 Å². The molecule has 20 heavy (non-hydrogen) atoms. The SMILES string of the molecule is CNCc1n[nH]c(C)c1S(=O)(=O)NCc1ccnn1C. The maximum atomic E-state index is 12.4. The van der Waals surface area contributed by atoms with Crippen molar-refractivity contribution >= 4 is 10.0 Å². The van der Waals surface area contributed by atoms with Crippen LogP contribution in [-0.4, -0.2) is 35.4 Å². The summed E-state index contributed by atoms with van der Waals surface area (Å²) in [7, 11) is -0.116. The molecule has 3 N–H and O–H groups in total. The van der Waals surface area contributed by atoms with E-state index in [2.05, 4.69) is 25.3 Å². The van der Waals surface area contributed by atoms with Crippen molar-refractivity contribution in [3.05, 3.63) is 29.3 Å². The quantitative estimate of drug-likeness (QED) is 0.676. The average Bonchev–Trinajstić information content (AvgIpc) is 2.94. The summed E-state index contributed by atoms with van der Waals surface area (Å²) in [5.41, 5.74) is 1.78. The third kappa shape index (κ3) is 2.89. The standard InChI is InChI=1S/C11H18N6O2S/c1-8-11(10(7-12-2)16-15-8)20(18,19)14-6-9-4-5-13-17(9)3/h4-5,12,14H,6-7H2,1-3H3,(H,15,16). The number of H-pyrrole nitrogens is 1. The molecule has 0 atom stereocenters. The van der Waals surface area contributed by atoms with Gasteiger partial charge in [-0.1, -0.05) is 0 Å². The summed E-state index contributed by atoms with van der Waals surface area (Å²) < 4.78 is 29.0. The van der Waals surface area contributed by atoms with Gasteiger partial charge in [-0.2, -0.15) is 10.2 Å². The first-order valence-electron chi connectivity index (χ1n) is 6.10. The molecule has 9 heteroatoms. The van der Waals surface area contributed by atoms with Gasteiger partial charge in [0.1, 0.15) is 4.90 Å². The van der Waals surface area contributed by atoms with E-state index in [1.807, 2.05) is 0 Å². The predicted molar refractivity (Wildman–Crippen MR) is 73.3 cm³/mol. The fourth-order valence-electron chi connectivity index (χ4n) is 1.93. The van der Waals surface area contributed by atoms with E-state index in [-0.39, 0.29) is 11.4 Å². The number of rotatable bonds is 6. The lowest BCUT2D eigenvalue weighted by Crippen LogP contribution is -2.26. The zero-order valence-corrected chi connectivity index (χ0v) is 12.5. The van der Waals surface area contributed by atoms with Gasteiger partial charge in [-0.3, -0.25) is 9.78 Å². The topological polar surface area (TPSA) is 105 Å². The van der Waals surface area contributed by atoms with E-state index in [4.69, 9.17) is 0 Å². The van der Waals surface area contributed by atoms with Gasteiger partial charge >= 0.3 is 0 Å². The first-order valence-corrected chi connectivity index (χ1v) is 7.59. The average molecular weight is 298 g/mol. The van der Waals surface area contributed by atoms with E-state index in [1.54, 1.807) is 38.0 Å². The van der Waals surface area contributed by atoms with Gasteiger partial charge in [0, 0.05) is 19.8 Å². The van der Waals surface area contributed by atoms with Crippen LogP contribution in [0.4, 0.5) is 0 Å². The Morgan fingerprint density at radius 1 is 1.40 bits per heavy atom. The van der Waals surface area contributed by atoms with E-state index in [1.165, 1.54) is 0 Å². The first kappa shape index (κ1) is 14.7. The Labute approximate surface area is 117 Å². The number of aromatic amines is 1. The highest BCUT2D eigenvalue weighted by atomic mass is 32.2. The highest BCUT2D eigenvalue weighted by molar-refractivity contribution is 7.89.